The lowest BCUT2D eigenvalue weighted by Crippen LogP contribution is -2.30. The molecule has 2 heterocycles. The second-order valence-corrected chi connectivity index (χ2v) is 6.03. The zero-order valence-corrected chi connectivity index (χ0v) is 14.1. The zero-order valence-electron chi connectivity index (χ0n) is 14.1. The number of nitrogens with one attached hydrogen (secondary N) is 2. The largest absolute Gasteiger partial charge is 0.484 e. The van der Waals surface area contributed by atoms with Crippen molar-refractivity contribution in [3.8, 4) is 17.4 Å². The molecule has 1 fully saturated rings. The normalized spacial score (nSPS) is 16.4. The summed E-state index contributed by atoms with van der Waals surface area (Å²) in [5.74, 6) is 2.41. The first-order valence-electron chi connectivity index (χ1n) is 8.59. The predicted octanol–water partition coefficient (Wildman–Crippen LogP) is 2.37. The molecule has 1 atom stereocenters. The first-order valence-corrected chi connectivity index (χ1v) is 8.59. The minimum Gasteiger partial charge on any atom is -0.484 e. The second kappa shape index (κ2) is 9.03. The van der Waals surface area contributed by atoms with Gasteiger partial charge in [-0.1, -0.05) is 6.07 Å². The van der Waals surface area contributed by atoms with E-state index in [4.69, 9.17) is 9.47 Å². The van der Waals surface area contributed by atoms with Gasteiger partial charge in [-0.05, 0) is 62.2 Å². The van der Waals surface area contributed by atoms with Crippen molar-refractivity contribution in [2.24, 2.45) is 5.92 Å². The van der Waals surface area contributed by atoms with Gasteiger partial charge in [-0.25, -0.2) is 4.98 Å². The van der Waals surface area contributed by atoms with Gasteiger partial charge in [0.05, 0.1) is 0 Å². The third-order valence-electron chi connectivity index (χ3n) is 4.09. The van der Waals surface area contributed by atoms with E-state index < -0.39 is 0 Å². The fourth-order valence-corrected chi connectivity index (χ4v) is 2.71. The highest BCUT2D eigenvalue weighted by Crippen LogP contribution is 2.22. The number of rotatable bonds is 8. The summed E-state index contributed by atoms with van der Waals surface area (Å²) in [4.78, 5) is 15.9. The highest BCUT2D eigenvalue weighted by Gasteiger charge is 2.14. The Bertz CT molecular complexity index is 655. The van der Waals surface area contributed by atoms with Gasteiger partial charge in [0.2, 0.25) is 5.88 Å². The Morgan fingerprint density at radius 3 is 2.76 bits per heavy atom. The molecule has 0 radical (unpaired) electrons. The van der Waals surface area contributed by atoms with Crippen LogP contribution in [0.5, 0.6) is 17.4 Å². The Kier molecular flexibility index (Phi) is 6.23. The summed E-state index contributed by atoms with van der Waals surface area (Å²) in [6, 6.07) is 12.6. The number of aromatic nitrogens is 1. The smallest absolute Gasteiger partial charge is 0.257 e. The predicted molar refractivity (Wildman–Crippen MR) is 94.9 cm³/mol. The maximum atomic E-state index is 11.8. The number of amides is 1. The molecule has 2 N–H and O–H groups in total. The molecule has 25 heavy (non-hydrogen) atoms. The molecular weight excluding hydrogens is 318 g/mol. The molecule has 1 aliphatic heterocycles. The van der Waals surface area contributed by atoms with Crippen LogP contribution in [0.3, 0.4) is 0 Å². The molecule has 1 saturated heterocycles. The van der Waals surface area contributed by atoms with Crippen molar-refractivity contribution in [3.05, 3.63) is 48.7 Å². The topological polar surface area (TPSA) is 72.5 Å². The molecule has 1 unspecified atom stereocenters. The van der Waals surface area contributed by atoms with E-state index >= 15 is 0 Å². The number of ether oxygens (including phenoxy) is 2. The Morgan fingerprint density at radius 1 is 1.20 bits per heavy atom. The number of benzene rings is 1. The van der Waals surface area contributed by atoms with Gasteiger partial charge < -0.3 is 20.1 Å². The second-order valence-electron chi connectivity index (χ2n) is 6.03. The number of hydrogen-bond acceptors (Lipinski definition) is 5. The van der Waals surface area contributed by atoms with Crippen LogP contribution in [0, 0.1) is 5.92 Å². The number of carbonyl (C=O) groups excluding carboxylic acids is 1. The van der Waals surface area contributed by atoms with Gasteiger partial charge in [-0.3, -0.25) is 4.79 Å². The van der Waals surface area contributed by atoms with Crippen LogP contribution in [-0.2, 0) is 4.79 Å². The average molecular weight is 341 g/mol. The molecule has 3 rings (SSSR count). The minimum absolute atomic E-state index is 0.0172. The van der Waals surface area contributed by atoms with Crippen LogP contribution in [0.15, 0.2) is 48.7 Å². The zero-order chi connectivity index (χ0) is 17.3. The lowest BCUT2D eigenvalue weighted by Gasteiger charge is -2.10. The van der Waals surface area contributed by atoms with Gasteiger partial charge in [0.15, 0.2) is 6.61 Å². The Hall–Kier alpha value is -2.60. The van der Waals surface area contributed by atoms with Crippen LogP contribution in [0.25, 0.3) is 0 Å². The van der Waals surface area contributed by atoms with E-state index in [1.807, 2.05) is 12.1 Å². The summed E-state index contributed by atoms with van der Waals surface area (Å²) >= 11 is 0. The summed E-state index contributed by atoms with van der Waals surface area (Å²) in [5, 5.41) is 6.22. The first kappa shape index (κ1) is 17.2. The van der Waals surface area contributed by atoms with Crippen LogP contribution < -0.4 is 20.1 Å². The van der Waals surface area contributed by atoms with Crippen LogP contribution in [0.1, 0.15) is 12.8 Å². The lowest BCUT2D eigenvalue weighted by atomic mass is 10.1. The molecular formula is C19H23N3O3. The third kappa shape index (κ3) is 5.76. The van der Waals surface area contributed by atoms with Gasteiger partial charge in [-0.15, -0.1) is 0 Å². The molecule has 132 valence electrons. The SMILES string of the molecule is O=C(COc1ccc(Oc2ccccn2)cc1)NCCC1CCNC1. The van der Waals surface area contributed by atoms with Gasteiger partial charge in [0.25, 0.3) is 5.91 Å². The van der Waals surface area contributed by atoms with E-state index in [1.54, 1.807) is 36.5 Å². The summed E-state index contributed by atoms with van der Waals surface area (Å²) in [6.45, 7) is 2.86. The fraction of sp³-hybridized carbons (Fsp3) is 0.368. The highest BCUT2D eigenvalue weighted by atomic mass is 16.5. The van der Waals surface area contributed by atoms with E-state index in [0.29, 0.717) is 29.8 Å². The van der Waals surface area contributed by atoms with Crippen LogP contribution in [-0.4, -0.2) is 37.1 Å². The first-order chi connectivity index (χ1) is 12.3. The van der Waals surface area contributed by atoms with E-state index in [9.17, 15) is 4.79 Å². The van der Waals surface area contributed by atoms with Crippen molar-refractivity contribution in [2.75, 3.05) is 26.2 Å². The molecule has 0 saturated carbocycles. The highest BCUT2D eigenvalue weighted by molar-refractivity contribution is 5.77. The quantitative estimate of drug-likeness (QED) is 0.771. The molecule has 1 amide bonds. The summed E-state index contributed by atoms with van der Waals surface area (Å²) in [7, 11) is 0. The summed E-state index contributed by atoms with van der Waals surface area (Å²) < 4.78 is 11.1. The monoisotopic (exact) mass is 341 g/mol. The Balaban J connectivity index is 1.37. The standard InChI is InChI=1S/C19H23N3O3/c23-18(21-12-9-15-8-11-20-13-15)14-24-16-4-6-17(7-5-16)25-19-3-1-2-10-22-19/h1-7,10,15,20H,8-9,11-14H2,(H,21,23). The van der Waals surface area contributed by atoms with E-state index in [0.717, 1.165) is 19.5 Å². The van der Waals surface area contributed by atoms with Crippen molar-refractivity contribution >= 4 is 5.91 Å². The van der Waals surface area contributed by atoms with E-state index in [1.165, 1.54) is 6.42 Å². The molecule has 0 bridgehead atoms. The summed E-state index contributed by atoms with van der Waals surface area (Å²) in [5.41, 5.74) is 0. The molecule has 6 nitrogen and oxygen atoms in total. The number of carbonyl (C=O) groups is 1. The van der Waals surface area contributed by atoms with Crippen LogP contribution >= 0.6 is 0 Å². The maximum Gasteiger partial charge on any atom is 0.257 e. The minimum atomic E-state index is -0.0974. The molecule has 2 aromatic rings. The molecule has 0 aliphatic carbocycles. The third-order valence-corrected chi connectivity index (χ3v) is 4.09. The Morgan fingerprint density at radius 2 is 2.04 bits per heavy atom. The van der Waals surface area contributed by atoms with E-state index in [2.05, 4.69) is 15.6 Å². The van der Waals surface area contributed by atoms with Crippen molar-refractivity contribution < 1.29 is 14.3 Å². The molecule has 1 aromatic heterocycles. The lowest BCUT2D eigenvalue weighted by molar-refractivity contribution is -0.123. The maximum absolute atomic E-state index is 11.8. The number of pyridine rings is 1. The molecule has 6 heteroatoms. The van der Waals surface area contributed by atoms with Crippen molar-refractivity contribution in [1.29, 1.82) is 0 Å². The number of hydrogen-bond donors (Lipinski definition) is 2. The average Bonchev–Trinajstić information content (AvgIpc) is 3.15. The molecule has 1 aliphatic rings. The van der Waals surface area contributed by atoms with Crippen molar-refractivity contribution in [3.63, 3.8) is 0 Å². The van der Waals surface area contributed by atoms with E-state index in [-0.39, 0.29) is 12.5 Å². The van der Waals surface area contributed by atoms with Gasteiger partial charge in [0, 0.05) is 18.8 Å². The summed E-state index contributed by atoms with van der Waals surface area (Å²) in [6.07, 6.45) is 3.88. The van der Waals surface area contributed by atoms with Crippen LogP contribution in [0.2, 0.25) is 0 Å². The Labute approximate surface area is 147 Å². The van der Waals surface area contributed by atoms with Gasteiger partial charge in [0.1, 0.15) is 11.5 Å². The van der Waals surface area contributed by atoms with Crippen molar-refractivity contribution in [2.45, 2.75) is 12.8 Å². The van der Waals surface area contributed by atoms with Crippen molar-refractivity contribution in [1.82, 2.24) is 15.6 Å². The van der Waals surface area contributed by atoms with Gasteiger partial charge >= 0.3 is 0 Å². The molecule has 0 spiro atoms. The van der Waals surface area contributed by atoms with Crippen LogP contribution in [0.4, 0.5) is 0 Å². The molecule has 1 aromatic carbocycles. The number of nitrogens with zero attached hydrogens (tertiary/aromatic N) is 1. The van der Waals surface area contributed by atoms with Gasteiger partial charge in [-0.2, -0.15) is 0 Å². The fourth-order valence-electron chi connectivity index (χ4n) is 2.71.